The molecular formula is C5H9NS. The van der Waals surface area contributed by atoms with Crippen LogP contribution in [0.4, 0.5) is 0 Å². The van der Waals surface area contributed by atoms with Gasteiger partial charge in [0.15, 0.2) is 0 Å². The van der Waals surface area contributed by atoms with Gasteiger partial charge >= 0.3 is 0 Å². The normalized spacial score (nSPS) is 11.7. The molecule has 0 saturated carbocycles. The van der Waals surface area contributed by atoms with Crippen molar-refractivity contribution in [3.8, 4) is 0 Å². The molecule has 0 aliphatic heterocycles. The molecule has 0 atom stereocenters. The van der Waals surface area contributed by atoms with Gasteiger partial charge < -0.3 is 0 Å². The van der Waals surface area contributed by atoms with Crippen LogP contribution < -0.4 is 0 Å². The van der Waals surface area contributed by atoms with Gasteiger partial charge in [-0.1, -0.05) is 0 Å². The van der Waals surface area contributed by atoms with E-state index in [0.29, 0.717) is 0 Å². The molecule has 0 unspecified atom stereocenters. The van der Waals surface area contributed by atoms with Gasteiger partial charge in [-0.05, 0) is 18.6 Å². The summed E-state index contributed by atoms with van der Waals surface area (Å²) in [5, 5.41) is 1.93. The lowest BCUT2D eigenvalue weighted by molar-refractivity contribution is 1.60. The van der Waals surface area contributed by atoms with Crippen LogP contribution in [0.1, 0.15) is 6.92 Å². The quantitative estimate of drug-likeness (QED) is 0.501. The molecule has 0 heterocycles. The lowest BCUT2D eigenvalue weighted by Crippen LogP contribution is -1.51. The van der Waals surface area contributed by atoms with Crippen LogP contribution in [-0.2, 0) is 0 Å². The fraction of sp³-hybridized carbons (Fsp3) is 0.400. The van der Waals surface area contributed by atoms with Gasteiger partial charge in [0.1, 0.15) is 0 Å². The SMILES string of the molecule is C/C=N/C=C\SC. The molecule has 0 aromatic heterocycles. The molecule has 0 aliphatic carbocycles. The largest absolute Gasteiger partial charge is 0.269 e. The average Bonchev–Trinajstić information content (AvgIpc) is 1.69. The van der Waals surface area contributed by atoms with Crippen molar-refractivity contribution >= 4 is 18.0 Å². The van der Waals surface area contributed by atoms with E-state index in [-0.39, 0.29) is 0 Å². The Labute approximate surface area is 48.5 Å². The molecule has 40 valence electrons. The number of hydrogen-bond donors (Lipinski definition) is 0. The molecule has 0 aromatic carbocycles. The van der Waals surface area contributed by atoms with Gasteiger partial charge in [-0.2, -0.15) is 0 Å². The second-order valence-electron chi connectivity index (χ2n) is 0.928. The molecule has 1 nitrogen and oxygen atoms in total. The Morgan fingerprint density at radius 3 is 2.71 bits per heavy atom. The van der Waals surface area contributed by atoms with Gasteiger partial charge in [0.05, 0.1) is 0 Å². The molecule has 0 aliphatic rings. The molecule has 0 saturated heterocycles. The Bertz CT molecular complexity index is 76.1. The molecule has 0 bridgehead atoms. The van der Waals surface area contributed by atoms with E-state index in [2.05, 4.69) is 4.99 Å². The summed E-state index contributed by atoms with van der Waals surface area (Å²) in [5.41, 5.74) is 0. The van der Waals surface area contributed by atoms with Gasteiger partial charge in [-0.15, -0.1) is 11.8 Å². The highest BCUT2D eigenvalue weighted by atomic mass is 32.2. The fourth-order valence-corrected chi connectivity index (χ4v) is 0.374. The minimum absolute atomic E-state index is 1.65. The molecule has 0 rings (SSSR count). The summed E-state index contributed by atoms with van der Waals surface area (Å²) >= 11 is 1.65. The van der Waals surface area contributed by atoms with Gasteiger partial charge in [0.2, 0.25) is 0 Å². The molecular weight excluding hydrogens is 106 g/mol. The van der Waals surface area contributed by atoms with Crippen molar-refractivity contribution in [3.05, 3.63) is 11.6 Å². The van der Waals surface area contributed by atoms with Gasteiger partial charge in [0, 0.05) is 12.4 Å². The molecule has 0 N–H and O–H groups in total. The van der Waals surface area contributed by atoms with E-state index in [4.69, 9.17) is 0 Å². The van der Waals surface area contributed by atoms with E-state index in [1.165, 1.54) is 0 Å². The van der Waals surface area contributed by atoms with E-state index in [1.807, 2.05) is 18.6 Å². The summed E-state index contributed by atoms with van der Waals surface area (Å²) in [7, 11) is 0. The summed E-state index contributed by atoms with van der Waals surface area (Å²) in [4.78, 5) is 3.84. The van der Waals surface area contributed by atoms with Crippen LogP contribution in [0, 0.1) is 0 Å². The van der Waals surface area contributed by atoms with Crippen LogP contribution in [-0.4, -0.2) is 12.5 Å². The Morgan fingerprint density at radius 2 is 2.29 bits per heavy atom. The van der Waals surface area contributed by atoms with Gasteiger partial charge in [0.25, 0.3) is 0 Å². The van der Waals surface area contributed by atoms with Crippen molar-refractivity contribution in [1.29, 1.82) is 0 Å². The molecule has 0 amide bonds. The molecule has 0 radical (unpaired) electrons. The predicted molar refractivity (Wildman–Crippen MR) is 36.8 cm³/mol. The number of hydrogen-bond acceptors (Lipinski definition) is 2. The van der Waals surface area contributed by atoms with Crippen LogP contribution in [0.3, 0.4) is 0 Å². The van der Waals surface area contributed by atoms with Crippen LogP contribution in [0.2, 0.25) is 0 Å². The van der Waals surface area contributed by atoms with E-state index in [0.717, 1.165) is 0 Å². The number of nitrogens with zero attached hydrogens (tertiary/aromatic N) is 1. The third kappa shape index (κ3) is 5.76. The molecule has 0 spiro atoms. The highest BCUT2D eigenvalue weighted by molar-refractivity contribution is 8.01. The van der Waals surface area contributed by atoms with Crippen LogP contribution in [0.15, 0.2) is 16.6 Å². The molecule has 2 heteroatoms. The Kier molecular flexibility index (Phi) is 5.56. The van der Waals surface area contributed by atoms with Crippen LogP contribution in [0.25, 0.3) is 0 Å². The first-order valence-electron chi connectivity index (χ1n) is 2.07. The smallest absolute Gasteiger partial charge is 0.0326 e. The maximum Gasteiger partial charge on any atom is 0.0326 e. The Morgan fingerprint density at radius 1 is 1.57 bits per heavy atom. The van der Waals surface area contributed by atoms with Crippen molar-refractivity contribution in [1.82, 2.24) is 0 Å². The zero-order valence-electron chi connectivity index (χ0n) is 4.59. The summed E-state index contributed by atoms with van der Waals surface area (Å²) in [6.07, 6.45) is 5.53. The van der Waals surface area contributed by atoms with E-state index >= 15 is 0 Å². The van der Waals surface area contributed by atoms with Crippen molar-refractivity contribution in [3.63, 3.8) is 0 Å². The number of aliphatic imine (C=N–C) groups is 1. The second-order valence-corrected chi connectivity index (χ2v) is 1.67. The second kappa shape index (κ2) is 5.76. The first kappa shape index (κ1) is 6.76. The molecule has 7 heavy (non-hydrogen) atoms. The van der Waals surface area contributed by atoms with Crippen molar-refractivity contribution in [2.45, 2.75) is 6.92 Å². The Hall–Kier alpha value is -0.240. The molecule has 0 fully saturated rings. The summed E-state index contributed by atoms with van der Waals surface area (Å²) < 4.78 is 0. The van der Waals surface area contributed by atoms with Crippen molar-refractivity contribution < 1.29 is 0 Å². The summed E-state index contributed by atoms with van der Waals surface area (Å²) in [5.74, 6) is 0. The monoisotopic (exact) mass is 115 g/mol. The van der Waals surface area contributed by atoms with Gasteiger partial charge in [-0.3, -0.25) is 4.99 Å². The third-order valence-corrected chi connectivity index (χ3v) is 0.826. The van der Waals surface area contributed by atoms with Gasteiger partial charge in [-0.25, -0.2) is 0 Å². The number of rotatable bonds is 2. The molecule has 0 aromatic rings. The van der Waals surface area contributed by atoms with E-state index in [1.54, 1.807) is 24.2 Å². The zero-order chi connectivity index (χ0) is 5.54. The lowest BCUT2D eigenvalue weighted by Gasteiger charge is -1.71. The summed E-state index contributed by atoms with van der Waals surface area (Å²) in [6.45, 7) is 1.89. The highest BCUT2D eigenvalue weighted by Crippen LogP contribution is 1.91. The van der Waals surface area contributed by atoms with Crippen LogP contribution >= 0.6 is 11.8 Å². The topological polar surface area (TPSA) is 12.4 Å². The number of thioether (sulfide) groups is 1. The maximum atomic E-state index is 3.84. The minimum Gasteiger partial charge on any atom is -0.269 e. The first-order valence-corrected chi connectivity index (χ1v) is 3.36. The van der Waals surface area contributed by atoms with Crippen molar-refractivity contribution in [2.75, 3.05) is 6.26 Å². The third-order valence-electron chi connectivity index (χ3n) is 0.432. The lowest BCUT2D eigenvalue weighted by atomic mass is 10.9. The first-order chi connectivity index (χ1) is 3.41. The average molecular weight is 115 g/mol. The van der Waals surface area contributed by atoms with E-state index in [9.17, 15) is 0 Å². The maximum absolute atomic E-state index is 3.84. The van der Waals surface area contributed by atoms with E-state index < -0.39 is 0 Å². The van der Waals surface area contributed by atoms with Crippen LogP contribution in [0.5, 0.6) is 0 Å². The van der Waals surface area contributed by atoms with Crippen molar-refractivity contribution in [2.24, 2.45) is 4.99 Å². The Balaban J connectivity index is 3.09. The predicted octanol–water partition coefficient (Wildman–Crippen LogP) is 1.91. The minimum atomic E-state index is 1.65. The highest BCUT2D eigenvalue weighted by Gasteiger charge is 1.57. The standard InChI is InChI=1S/C5H9NS/c1-3-6-4-5-7-2/h3-5H,1-2H3/b5-4-,6-3+. The fourth-order valence-electron chi connectivity index (χ4n) is 0.182. The summed E-state index contributed by atoms with van der Waals surface area (Å²) in [6, 6.07) is 0. The zero-order valence-corrected chi connectivity index (χ0v) is 5.40.